The van der Waals surface area contributed by atoms with E-state index in [9.17, 15) is 5.11 Å². The Hall–Kier alpha value is -1.74. The van der Waals surface area contributed by atoms with Gasteiger partial charge in [-0.15, -0.1) is 0 Å². The number of halogens is 1. The number of hydrogen-bond acceptors (Lipinski definition) is 2. The Morgan fingerprint density at radius 2 is 2.10 bits per heavy atom. The second kappa shape index (κ2) is 5.71. The van der Waals surface area contributed by atoms with E-state index in [4.69, 9.17) is 4.74 Å². The molecule has 0 radical (unpaired) electrons. The second-order valence-electron chi connectivity index (χ2n) is 4.82. The highest BCUT2D eigenvalue weighted by Gasteiger charge is 2.14. The first kappa shape index (κ1) is 13.3. The van der Waals surface area contributed by atoms with E-state index in [0.29, 0.717) is 18.8 Å². The van der Waals surface area contributed by atoms with Crippen molar-refractivity contribution in [2.75, 3.05) is 6.61 Å². The van der Waals surface area contributed by atoms with Gasteiger partial charge in [0.05, 0.1) is 6.61 Å². The average molecular weight is 331 g/mol. The molecule has 0 aromatic heterocycles. The SMILES string of the molecule is Oc1cc2c(cc1C/C=C/c1ccccc1Br)OCC2. The highest BCUT2D eigenvalue weighted by molar-refractivity contribution is 9.10. The topological polar surface area (TPSA) is 29.5 Å². The van der Waals surface area contributed by atoms with Gasteiger partial charge in [0.15, 0.2) is 0 Å². The third kappa shape index (κ3) is 2.73. The third-order valence-electron chi connectivity index (χ3n) is 3.43. The van der Waals surface area contributed by atoms with Crippen molar-refractivity contribution in [3.05, 3.63) is 63.6 Å². The molecule has 3 rings (SSSR count). The fourth-order valence-electron chi connectivity index (χ4n) is 2.34. The first-order valence-corrected chi connectivity index (χ1v) is 7.42. The summed E-state index contributed by atoms with van der Waals surface area (Å²) in [6, 6.07) is 11.8. The maximum Gasteiger partial charge on any atom is 0.123 e. The molecule has 1 N–H and O–H groups in total. The van der Waals surface area contributed by atoms with Gasteiger partial charge in [-0.1, -0.05) is 46.3 Å². The number of ether oxygens (including phenoxy) is 1. The molecule has 0 aliphatic carbocycles. The van der Waals surface area contributed by atoms with Crippen molar-refractivity contribution in [3.8, 4) is 11.5 Å². The molecule has 3 heteroatoms. The third-order valence-corrected chi connectivity index (χ3v) is 4.15. The van der Waals surface area contributed by atoms with Crippen molar-refractivity contribution in [1.82, 2.24) is 0 Å². The molecule has 0 spiro atoms. The maximum absolute atomic E-state index is 10.0. The van der Waals surface area contributed by atoms with Crippen molar-refractivity contribution in [3.63, 3.8) is 0 Å². The quantitative estimate of drug-likeness (QED) is 0.906. The highest BCUT2D eigenvalue weighted by atomic mass is 79.9. The number of benzene rings is 2. The summed E-state index contributed by atoms with van der Waals surface area (Å²) in [6.45, 7) is 0.713. The van der Waals surface area contributed by atoms with Gasteiger partial charge in [0.1, 0.15) is 11.5 Å². The summed E-state index contributed by atoms with van der Waals surface area (Å²) in [7, 11) is 0. The molecule has 1 aliphatic heterocycles. The van der Waals surface area contributed by atoms with Crippen LogP contribution in [0.4, 0.5) is 0 Å². The van der Waals surface area contributed by atoms with Gasteiger partial charge in [-0.05, 0) is 30.2 Å². The molecule has 102 valence electrons. The summed E-state index contributed by atoms with van der Waals surface area (Å²) in [6.07, 6.45) is 5.67. The van der Waals surface area contributed by atoms with E-state index in [2.05, 4.69) is 28.1 Å². The van der Waals surface area contributed by atoms with Crippen LogP contribution in [0.1, 0.15) is 16.7 Å². The molecule has 0 saturated heterocycles. The van der Waals surface area contributed by atoms with Crippen LogP contribution in [0.3, 0.4) is 0 Å². The number of phenols is 1. The molecular weight excluding hydrogens is 316 g/mol. The molecule has 1 aliphatic rings. The number of hydrogen-bond donors (Lipinski definition) is 1. The lowest BCUT2D eigenvalue weighted by Crippen LogP contribution is -1.87. The van der Waals surface area contributed by atoms with E-state index in [-0.39, 0.29) is 0 Å². The Balaban J connectivity index is 1.77. The van der Waals surface area contributed by atoms with Gasteiger partial charge in [-0.3, -0.25) is 0 Å². The van der Waals surface area contributed by atoms with Gasteiger partial charge in [0.25, 0.3) is 0 Å². The molecule has 0 saturated carbocycles. The lowest BCUT2D eigenvalue weighted by Gasteiger charge is -2.05. The molecule has 1 heterocycles. The van der Waals surface area contributed by atoms with E-state index < -0.39 is 0 Å². The fourth-order valence-corrected chi connectivity index (χ4v) is 2.76. The molecule has 2 nitrogen and oxygen atoms in total. The van der Waals surface area contributed by atoms with E-state index in [1.54, 1.807) is 0 Å². The predicted molar refractivity (Wildman–Crippen MR) is 84.2 cm³/mol. The first-order chi connectivity index (χ1) is 9.74. The van der Waals surface area contributed by atoms with Crippen LogP contribution in [0.25, 0.3) is 6.08 Å². The van der Waals surface area contributed by atoms with E-state index in [1.807, 2.05) is 36.4 Å². The fraction of sp³-hybridized carbons (Fsp3) is 0.176. The average Bonchev–Trinajstić information content (AvgIpc) is 2.88. The van der Waals surface area contributed by atoms with Crippen LogP contribution in [-0.4, -0.2) is 11.7 Å². The van der Waals surface area contributed by atoms with Gasteiger partial charge < -0.3 is 9.84 Å². The summed E-state index contributed by atoms with van der Waals surface area (Å²) >= 11 is 3.52. The summed E-state index contributed by atoms with van der Waals surface area (Å²) in [5.74, 6) is 1.26. The van der Waals surface area contributed by atoms with Crippen molar-refractivity contribution in [1.29, 1.82) is 0 Å². The van der Waals surface area contributed by atoms with Gasteiger partial charge in [0.2, 0.25) is 0 Å². The standard InChI is InChI=1S/C17H15BrO2/c18-15-7-2-1-4-12(15)5-3-6-13-11-17-14(8-9-20-17)10-16(13)19/h1-5,7,10-11,19H,6,8-9H2/b5-3+. The van der Waals surface area contributed by atoms with Crippen LogP contribution in [0, 0.1) is 0 Å². The van der Waals surface area contributed by atoms with Crippen molar-refractivity contribution < 1.29 is 9.84 Å². The van der Waals surface area contributed by atoms with Crippen LogP contribution in [0.15, 0.2) is 46.9 Å². The molecular formula is C17H15BrO2. The number of fused-ring (bicyclic) bond motifs is 1. The minimum absolute atomic E-state index is 0.353. The normalized spacial score (nSPS) is 13.4. The molecule has 20 heavy (non-hydrogen) atoms. The lowest BCUT2D eigenvalue weighted by atomic mass is 10.0. The van der Waals surface area contributed by atoms with Crippen LogP contribution >= 0.6 is 15.9 Å². The zero-order valence-electron chi connectivity index (χ0n) is 11.0. The van der Waals surface area contributed by atoms with Crippen molar-refractivity contribution in [2.45, 2.75) is 12.8 Å². The molecule has 0 atom stereocenters. The van der Waals surface area contributed by atoms with Gasteiger partial charge >= 0.3 is 0 Å². The van der Waals surface area contributed by atoms with E-state index >= 15 is 0 Å². The van der Waals surface area contributed by atoms with E-state index in [1.165, 1.54) is 0 Å². The van der Waals surface area contributed by atoms with Gasteiger partial charge in [0, 0.05) is 22.0 Å². The second-order valence-corrected chi connectivity index (χ2v) is 5.67. The Morgan fingerprint density at radius 1 is 1.25 bits per heavy atom. The molecule has 0 bridgehead atoms. The molecule has 2 aromatic rings. The number of allylic oxidation sites excluding steroid dienone is 1. The largest absolute Gasteiger partial charge is 0.508 e. The van der Waals surface area contributed by atoms with Crippen LogP contribution in [0.5, 0.6) is 11.5 Å². The maximum atomic E-state index is 10.0. The predicted octanol–water partition coefficient (Wildman–Crippen LogP) is 4.35. The van der Waals surface area contributed by atoms with Crippen molar-refractivity contribution >= 4 is 22.0 Å². The summed E-state index contributed by atoms with van der Waals surface area (Å²) in [4.78, 5) is 0. The minimum atomic E-state index is 0.353. The molecule has 0 unspecified atom stereocenters. The Kier molecular flexibility index (Phi) is 3.79. The van der Waals surface area contributed by atoms with Gasteiger partial charge in [-0.2, -0.15) is 0 Å². The first-order valence-electron chi connectivity index (χ1n) is 6.62. The monoisotopic (exact) mass is 330 g/mol. The Labute approximate surface area is 126 Å². The van der Waals surface area contributed by atoms with Crippen LogP contribution < -0.4 is 4.74 Å². The summed E-state index contributed by atoms with van der Waals surface area (Å²) in [5.41, 5.74) is 3.12. The smallest absolute Gasteiger partial charge is 0.123 e. The number of phenolic OH excluding ortho intramolecular Hbond substituents is 1. The van der Waals surface area contributed by atoms with Crippen LogP contribution in [0.2, 0.25) is 0 Å². The van der Waals surface area contributed by atoms with Crippen LogP contribution in [-0.2, 0) is 12.8 Å². The number of rotatable bonds is 3. The van der Waals surface area contributed by atoms with Crippen molar-refractivity contribution in [2.24, 2.45) is 0 Å². The molecule has 2 aromatic carbocycles. The zero-order chi connectivity index (χ0) is 13.9. The molecule has 0 amide bonds. The lowest BCUT2D eigenvalue weighted by molar-refractivity contribution is 0.356. The highest BCUT2D eigenvalue weighted by Crippen LogP contribution is 2.32. The van der Waals surface area contributed by atoms with E-state index in [0.717, 1.165) is 33.3 Å². The minimum Gasteiger partial charge on any atom is -0.508 e. The number of aromatic hydroxyl groups is 1. The zero-order valence-corrected chi connectivity index (χ0v) is 12.6. The van der Waals surface area contributed by atoms with Gasteiger partial charge in [-0.25, -0.2) is 0 Å². The summed E-state index contributed by atoms with van der Waals surface area (Å²) in [5, 5.41) is 10.0. The molecule has 0 fully saturated rings. The summed E-state index contributed by atoms with van der Waals surface area (Å²) < 4.78 is 6.60. The Morgan fingerprint density at radius 3 is 2.95 bits per heavy atom. The Bertz CT molecular complexity index is 662.